The van der Waals surface area contributed by atoms with Gasteiger partial charge in [-0.1, -0.05) is 17.7 Å². The number of rotatable bonds is 2. The van der Waals surface area contributed by atoms with Gasteiger partial charge in [-0.3, -0.25) is 0 Å². The Hall–Kier alpha value is -1.04. The van der Waals surface area contributed by atoms with Crippen LogP contribution >= 0.6 is 11.6 Å². The van der Waals surface area contributed by atoms with Crippen molar-refractivity contribution in [3.05, 3.63) is 29.3 Å². The van der Waals surface area contributed by atoms with Crippen molar-refractivity contribution >= 4 is 32.5 Å². The number of benzene rings is 1. The van der Waals surface area contributed by atoms with Gasteiger partial charge in [0.05, 0.1) is 0 Å². The molecule has 0 radical (unpaired) electrons. The fourth-order valence-electron chi connectivity index (χ4n) is 1.41. The van der Waals surface area contributed by atoms with Crippen molar-refractivity contribution in [1.29, 1.82) is 0 Å². The number of nitrogens with zero attached hydrogens (tertiary/aromatic N) is 1. The molecule has 86 valence electrons. The molecular formula is C10H11ClN2O2S. The number of halogens is 1. The van der Waals surface area contributed by atoms with E-state index in [2.05, 4.69) is 4.98 Å². The van der Waals surface area contributed by atoms with Crippen LogP contribution in [0, 0.1) is 0 Å². The van der Waals surface area contributed by atoms with Gasteiger partial charge in [0.1, 0.15) is 5.03 Å². The lowest BCUT2D eigenvalue weighted by Crippen LogP contribution is -2.22. The van der Waals surface area contributed by atoms with Crippen LogP contribution in [0.4, 0.5) is 0 Å². The van der Waals surface area contributed by atoms with E-state index in [4.69, 9.17) is 11.6 Å². The molecular weight excluding hydrogens is 248 g/mol. The second-order valence-electron chi connectivity index (χ2n) is 3.65. The van der Waals surface area contributed by atoms with E-state index >= 15 is 0 Å². The van der Waals surface area contributed by atoms with E-state index < -0.39 is 10.0 Å². The summed E-state index contributed by atoms with van der Waals surface area (Å²) in [6.45, 7) is 0. The summed E-state index contributed by atoms with van der Waals surface area (Å²) in [6, 6.07) is 6.80. The fourth-order valence-corrected chi connectivity index (χ4v) is 2.49. The van der Waals surface area contributed by atoms with Crippen LogP contribution in [0.15, 0.2) is 29.3 Å². The summed E-state index contributed by atoms with van der Waals surface area (Å²) < 4.78 is 24.9. The Labute approximate surface area is 98.9 Å². The minimum atomic E-state index is -3.42. The first-order valence-electron chi connectivity index (χ1n) is 4.62. The standard InChI is InChI=1S/C10H11ClN2O2S/c1-13(2)16(14,15)10-5-7-3-4-8(11)6-9(7)12-10/h3-6,12H,1-2H3. The Morgan fingerprint density at radius 2 is 1.94 bits per heavy atom. The number of nitrogens with one attached hydrogen (secondary N) is 1. The highest BCUT2D eigenvalue weighted by molar-refractivity contribution is 7.89. The van der Waals surface area contributed by atoms with Gasteiger partial charge in [-0.25, -0.2) is 12.7 Å². The topological polar surface area (TPSA) is 53.2 Å². The normalized spacial score (nSPS) is 12.5. The second kappa shape index (κ2) is 3.76. The van der Waals surface area contributed by atoms with Crippen LogP contribution in [0.3, 0.4) is 0 Å². The molecule has 0 aliphatic heterocycles. The lowest BCUT2D eigenvalue weighted by atomic mass is 10.2. The van der Waals surface area contributed by atoms with Gasteiger partial charge in [-0.05, 0) is 18.2 Å². The maximum atomic E-state index is 11.8. The predicted octanol–water partition coefficient (Wildman–Crippen LogP) is 2.07. The Bertz CT molecular complexity index is 631. The summed E-state index contributed by atoms with van der Waals surface area (Å²) in [5.74, 6) is 0. The molecule has 0 bridgehead atoms. The van der Waals surface area contributed by atoms with Crippen LogP contribution in [-0.2, 0) is 10.0 Å². The first kappa shape index (κ1) is 11.4. The van der Waals surface area contributed by atoms with E-state index in [1.165, 1.54) is 18.4 Å². The highest BCUT2D eigenvalue weighted by Gasteiger charge is 2.19. The van der Waals surface area contributed by atoms with E-state index in [1.807, 2.05) is 0 Å². The maximum Gasteiger partial charge on any atom is 0.258 e. The largest absolute Gasteiger partial charge is 0.344 e. The zero-order valence-electron chi connectivity index (χ0n) is 8.86. The van der Waals surface area contributed by atoms with Crippen molar-refractivity contribution in [2.24, 2.45) is 0 Å². The van der Waals surface area contributed by atoms with Gasteiger partial charge in [0.2, 0.25) is 0 Å². The molecule has 0 aliphatic rings. The van der Waals surface area contributed by atoms with Crippen molar-refractivity contribution in [3.63, 3.8) is 0 Å². The molecule has 2 aromatic rings. The van der Waals surface area contributed by atoms with E-state index in [0.29, 0.717) is 10.5 Å². The minimum absolute atomic E-state index is 0.176. The Balaban J connectivity index is 2.65. The van der Waals surface area contributed by atoms with Crippen molar-refractivity contribution in [2.75, 3.05) is 14.1 Å². The molecule has 4 nitrogen and oxygen atoms in total. The van der Waals surface area contributed by atoms with Crippen LogP contribution in [0.5, 0.6) is 0 Å². The monoisotopic (exact) mass is 258 g/mol. The number of hydrogen-bond acceptors (Lipinski definition) is 2. The van der Waals surface area contributed by atoms with Crippen LogP contribution < -0.4 is 0 Å². The quantitative estimate of drug-likeness (QED) is 0.897. The number of H-pyrrole nitrogens is 1. The summed E-state index contributed by atoms with van der Waals surface area (Å²) >= 11 is 5.82. The Morgan fingerprint density at radius 1 is 1.25 bits per heavy atom. The van der Waals surface area contributed by atoms with Gasteiger partial charge < -0.3 is 4.98 Å². The number of fused-ring (bicyclic) bond motifs is 1. The van der Waals surface area contributed by atoms with Gasteiger partial charge in [-0.15, -0.1) is 0 Å². The van der Waals surface area contributed by atoms with Gasteiger partial charge >= 0.3 is 0 Å². The third-order valence-electron chi connectivity index (χ3n) is 2.32. The predicted molar refractivity (Wildman–Crippen MR) is 64.2 cm³/mol. The molecule has 0 unspecified atom stereocenters. The van der Waals surface area contributed by atoms with Crippen molar-refractivity contribution in [1.82, 2.24) is 9.29 Å². The van der Waals surface area contributed by atoms with Gasteiger partial charge in [0.25, 0.3) is 10.0 Å². The lowest BCUT2D eigenvalue weighted by Gasteiger charge is -2.08. The first-order chi connectivity index (χ1) is 7.41. The highest BCUT2D eigenvalue weighted by Crippen LogP contribution is 2.23. The smallest absolute Gasteiger partial charge is 0.258 e. The van der Waals surface area contributed by atoms with Crippen molar-refractivity contribution in [3.8, 4) is 0 Å². The third kappa shape index (κ3) is 1.81. The van der Waals surface area contributed by atoms with Crippen LogP contribution in [0.25, 0.3) is 10.9 Å². The van der Waals surface area contributed by atoms with E-state index in [-0.39, 0.29) is 5.03 Å². The molecule has 0 amide bonds. The molecule has 1 heterocycles. The third-order valence-corrected chi connectivity index (χ3v) is 4.29. The van der Waals surface area contributed by atoms with Crippen LogP contribution in [0.2, 0.25) is 5.02 Å². The average Bonchev–Trinajstić information content (AvgIpc) is 2.60. The minimum Gasteiger partial charge on any atom is -0.344 e. The molecule has 0 saturated heterocycles. The van der Waals surface area contributed by atoms with Crippen LogP contribution in [-0.4, -0.2) is 31.8 Å². The van der Waals surface area contributed by atoms with E-state index in [1.54, 1.807) is 24.3 Å². The zero-order chi connectivity index (χ0) is 11.9. The Kier molecular flexibility index (Phi) is 2.69. The Morgan fingerprint density at radius 3 is 2.56 bits per heavy atom. The number of aromatic nitrogens is 1. The van der Waals surface area contributed by atoms with Crippen LogP contribution in [0.1, 0.15) is 0 Å². The summed E-state index contributed by atoms with van der Waals surface area (Å²) in [5, 5.41) is 1.57. The van der Waals surface area contributed by atoms with E-state index in [0.717, 1.165) is 5.39 Å². The number of hydrogen-bond donors (Lipinski definition) is 1. The lowest BCUT2D eigenvalue weighted by molar-refractivity contribution is 0.518. The molecule has 6 heteroatoms. The SMILES string of the molecule is CN(C)S(=O)(=O)c1cc2ccc(Cl)cc2[nH]1. The number of sulfonamides is 1. The first-order valence-corrected chi connectivity index (χ1v) is 6.44. The van der Waals surface area contributed by atoms with Gasteiger partial charge in [0.15, 0.2) is 0 Å². The second-order valence-corrected chi connectivity index (χ2v) is 6.21. The molecule has 1 aromatic heterocycles. The molecule has 16 heavy (non-hydrogen) atoms. The molecule has 1 N–H and O–H groups in total. The highest BCUT2D eigenvalue weighted by atomic mass is 35.5. The molecule has 2 rings (SSSR count). The molecule has 0 spiro atoms. The number of aromatic amines is 1. The van der Waals surface area contributed by atoms with Gasteiger partial charge in [-0.2, -0.15) is 0 Å². The fraction of sp³-hybridized carbons (Fsp3) is 0.200. The zero-order valence-corrected chi connectivity index (χ0v) is 10.4. The molecule has 0 saturated carbocycles. The van der Waals surface area contributed by atoms with E-state index in [9.17, 15) is 8.42 Å². The molecule has 0 fully saturated rings. The van der Waals surface area contributed by atoms with Gasteiger partial charge in [0, 0.05) is 30.0 Å². The van der Waals surface area contributed by atoms with Crippen molar-refractivity contribution in [2.45, 2.75) is 5.03 Å². The summed E-state index contributed by atoms with van der Waals surface area (Å²) in [6.07, 6.45) is 0. The summed E-state index contributed by atoms with van der Waals surface area (Å²) in [7, 11) is -0.429. The maximum absolute atomic E-state index is 11.8. The van der Waals surface area contributed by atoms with Crippen molar-refractivity contribution < 1.29 is 8.42 Å². The average molecular weight is 259 g/mol. The summed E-state index contributed by atoms with van der Waals surface area (Å²) in [5.41, 5.74) is 0.716. The molecule has 0 atom stereocenters. The molecule has 1 aromatic carbocycles. The molecule has 0 aliphatic carbocycles. The summed E-state index contributed by atoms with van der Waals surface area (Å²) in [4.78, 5) is 2.84.